The predicted octanol–water partition coefficient (Wildman–Crippen LogP) is 3.24. The van der Waals surface area contributed by atoms with Gasteiger partial charge < -0.3 is 10.1 Å². The second-order valence-corrected chi connectivity index (χ2v) is 4.79. The molecule has 1 aromatic heterocycles. The van der Waals surface area contributed by atoms with Crippen molar-refractivity contribution in [2.75, 3.05) is 13.2 Å². The van der Waals surface area contributed by atoms with Gasteiger partial charge in [0.05, 0.1) is 12.6 Å². The number of benzene rings is 1. The van der Waals surface area contributed by atoms with Crippen LogP contribution in [0.25, 0.3) is 0 Å². The molecule has 0 saturated heterocycles. The van der Waals surface area contributed by atoms with Crippen molar-refractivity contribution in [2.24, 2.45) is 0 Å². The van der Waals surface area contributed by atoms with Crippen LogP contribution in [-0.2, 0) is 0 Å². The highest BCUT2D eigenvalue weighted by Crippen LogP contribution is 2.26. The van der Waals surface area contributed by atoms with Gasteiger partial charge in [0.25, 0.3) is 0 Å². The monoisotopic (exact) mass is 262 g/mol. The third-order valence-corrected chi connectivity index (χ3v) is 3.45. The summed E-state index contributed by atoms with van der Waals surface area (Å²) in [6, 6.07) is 8.35. The summed E-state index contributed by atoms with van der Waals surface area (Å²) >= 11 is 1.67. The van der Waals surface area contributed by atoms with Crippen LogP contribution in [0.1, 0.15) is 30.5 Å². The molecular formula is C14H18N2OS. The predicted molar refractivity (Wildman–Crippen MR) is 75.2 cm³/mol. The lowest BCUT2D eigenvalue weighted by Gasteiger charge is -2.16. The van der Waals surface area contributed by atoms with Gasteiger partial charge in [0.15, 0.2) is 0 Å². The SMILES string of the molecule is CCNC(c1cccc(OCC)c1)c1nccs1. The Morgan fingerprint density at radius 3 is 2.94 bits per heavy atom. The number of hydrogen-bond acceptors (Lipinski definition) is 4. The quantitative estimate of drug-likeness (QED) is 0.867. The van der Waals surface area contributed by atoms with Crippen LogP contribution in [0.15, 0.2) is 35.8 Å². The molecule has 0 spiro atoms. The van der Waals surface area contributed by atoms with E-state index in [2.05, 4.69) is 29.4 Å². The smallest absolute Gasteiger partial charge is 0.119 e. The highest BCUT2D eigenvalue weighted by Gasteiger charge is 2.15. The molecule has 0 saturated carbocycles. The van der Waals surface area contributed by atoms with Crippen molar-refractivity contribution in [3.63, 3.8) is 0 Å². The van der Waals surface area contributed by atoms with Gasteiger partial charge >= 0.3 is 0 Å². The fourth-order valence-electron chi connectivity index (χ4n) is 1.88. The molecule has 3 nitrogen and oxygen atoms in total. The van der Waals surface area contributed by atoms with Gasteiger partial charge in [0, 0.05) is 11.6 Å². The molecule has 18 heavy (non-hydrogen) atoms. The van der Waals surface area contributed by atoms with Crippen molar-refractivity contribution < 1.29 is 4.74 Å². The van der Waals surface area contributed by atoms with Gasteiger partial charge in [-0.3, -0.25) is 0 Å². The van der Waals surface area contributed by atoms with Crippen LogP contribution in [0.2, 0.25) is 0 Å². The number of aromatic nitrogens is 1. The maximum atomic E-state index is 5.55. The molecule has 0 radical (unpaired) electrons. The summed E-state index contributed by atoms with van der Waals surface area (Å²) in [5.41, 5.74) is 1.19. The lowest BCUT2D eigenvalue weighted by Crippen LogP contribution is -2.21. The zero-order valence-corrected chi connectivity index (χ0v) is 11.5. The number of nitrogens with zero attached hydrogens (tertiary/aromatic N) is 1. The molecule has 0 amide bonds. The third-order valence-electron chi connectivity index (χ3n) is 2.61. The fourth-order valence-corrected chi connectivity index (χ4v) is 2.62. The van der Waals surface area contributed by atoms with Crippen molar-refractivity contribution in [3.8, 4) is 5.75 Å². The Kier molecular flexibility index (Phi) is 4.73. The Balaban J connectivity index is 2.27. The molecule has 4 heteroatoms. The maximum absolute atomic E-state index is 5.55. The average molecular weight is 262 g/mol. The number of rotatable bonds is 6. The first-order valence-corrected chi connectivity index (χ1v) is 7.08. The van der Waals surface area contributed by atoms with Crippen molar-refractivity contribution in [1.29, 1.82) is 0 Å². The summed E-state index contributed by atoms with van der Waals surface area (Å²) < 4.78 is 5.55. The van der Waals surface area contributed by atoms with Gasteiger partial charge in [-0.05, 0) is 31.2 Å². The molecule has 96 valence electrons. The zero-order chi connectivity index (χ0) is 12.8. The molecule has 1 atom stereocenters. The van der Waals surface area contributed by atoms with E-state index in [4.69, 9.17) is 4.74 Å². The molecule has 2 aromatic rings. The van der Waals surface area contributed by atoms with Crippen LogP contribution >= 0.6 is 11.3 Å². The van der Waals surface area contributed by atoms with E-state index in [1.165, 1.54) is 5.56 Å². The lowest BCUT2D eigenvalue weighted by molar-refractivity contribution is 0.339. The number of thiazole rings is 1. The molecule has 1 N–H and O–H groups in total. The molecule has 2 rings (SSSR count). The minimum absolute atomic E-state index is 0.149. The number of hydrogen-bond donors (Lipinski definition) is 1. The molecule has 1 heterocycles. The summed E-state index contributed by atoms with van der Waals surface area (Å²) in [5.74, 6) is 0.912. The molecule has 1 aromatic carbocycles. The zero-order valence-electron chi connectivity index (χ0n) is 10.7. The summed E-state index contributed by atoms with van der Waals surface area (Å²) in [6.45, 7) is 5.69. The van der Waals surface area contributed by atoms with Crippen LogP contribution in [0.3, 0.4) is 0 Å². The average Bonchev–Trinajstić information content (AvgIpc) is 2.90. The van der Waals surface area contributed by atoms with Crippen molar-refractivity contribution in [1.82, 2.24) is 10.3 Å². The maximum Gasteiger partial charge on any atom is 0.119 e. The van der Waals surface area contributed by atoms with E-state index in [1.807, 2.05) is 30.6 Å². The summed E-state index contributed by atoms with van der Waals surface area (Å²) in [4.78, 5) is 4.40. The van der Waals surface area contributed by atoms with E-state index in [0.717, 1.165) is 17.3 Å². The van der Waals surface area contributed by atoms with Gasteiger partial charge in [-0.15, -0.1) is 11.3 Å². The van der Waals surface area contributed by atoms with Crippen molar-refractivity contribution >= 4 is 11.3 Å². The second-order valence-electron chi connectivity index (χ2n) is 3.87. The molecule has 1 unspecified atom stereocenters. The highest BCUT2D eigenvalue weighted by molar-refractivity contribution is 7.09. The summed E-state index contributed by atoms with van der Waals surface area (Å²) in [7, 11) is 0. The first-order valence-electron chi connectivity index (χ1n) is 6.20. The molecular weight excluding hydrogens is 244 g/mol. The normalized spacial score (nSPS) is 12.3. The number of ether oxygens (including phenoxy) is 1. The highest BCUT2D eigenvalue weighted by atomic mass is 32.1. The fraction of sp³-hybridized carbons (Fsp3) is 0.357. The molecule has 0 aliphatic heterocycles. The van der Waals surface area contributed by atoms with E-state index in [9.17, 15) is 0 Å². The molecule has 0 bridgehead atoms. The standard InChI is InChI=1S/C14H18N2OS/c1-3-15-13(14-16-8-9-18-14)11-6-5-7-12(10-11)17-4-2/h5-10,13,15H,3-4H2,1-2H3. The minimum Gasteiger partial charge on any atom is -0.494 e. The van der Waals surface area contributed by atoms with Gasteiger partial charge in [0.2, 0.25) is 0 Å². The third kappa shape index (κ3) is 3.09. The van der Waals surface area contributed by atoms with Crippen LogP contribution in [-0.4, -0.2) is 18.1 Å². The van der Waals surface area contributed by atoms with Gasteiger partial charge in [-0.2, -0.15) is 0 Å². The van der Waals surface area contributed by atoms with Crippen molar-refractivity contribution in [2.45, 2.75) is 19.9 Å². The van der Waals surface area contributed by atoms with Gasteiger partial charge in [-0.25, -0.2) is 4.98 Å². The van der Waals surface area contributed by atoms with Crippen molar-refractivity contribution in [3.05, 3.63) is 46.4 Å². The Labute approximate surface area is 112 Å². The Hall–Kier alpha value is -1.39. The minimum atomic E-state index is 0.149. The second kappa shape index (κ2) is 6.52. The summed E-state index contributed by atoms with van der Waals surface area (Å²) in [5, 5.41) is 6.56. The van der Waals surface area contributed by atoms with E-state index in [1.54, 1.807) is 11.3 Å². The first kappa shape index (κ1) is 13.1. The first-order chi connectivity index (χ1) is 8.85. The topological polar surface area (TPSA) is 34.1 Å². The van der Waals surface area contributed by atoms with Crippen LogP contribution in [0.4, 0.5) is 0 Å². The van der Waals surface area contributed by atoms with Gasteiger partial charge in [0.1, 0.15) is 10.8 Å². The van der Waals surface area contributed by atoms with Gasteiger partial charge in [-0.1, -0.05) is 19.1 Å². The van der Waals surface area contributed by atoms with Crippen LogP contribution in [0, 0.1) is 0 Å². The Bertz CT molecular complexity index is 470. The Morgan fingerprint density at radius 1 is 1.39 bits per heavy atom. The van der Waals surface area contributed by atoms with Crippen LogP contribution in [0.5, 0.6) is 5.75 Å². The Morgan fingerprint density at radius 2 is 2.28 bits per heavy atom. The molecule has 0 aliphatic rings. The van der Waals surface area contributed by atoms with E-state index in [-0.39, 0.29) is 6.04 Å². The van der Waals surface area contributed by atoms with E-state index in [0.29, 0.717) is 6.61 Å². The number of nitrogens with one attached hydrogen (secondary N) is 1. The van der Waals surface area contributed by atoms with Crippen LogP contribution < -0.4 is 10.1 Å². The largest absolute Gasteiger partial charge is 0.494 e. The lowest BCUT2D eigenvalue weighted by atomic mass is 10.1. The molecule has 0 aliphatic carbocycles. The summed E-state index contributed by atoms with van der Waals surface area (Å²) in [6.07, 6.45) is 1.84. The molecule has 0 fully saturated rings. The van der Waals surface area contributed by atoms with E-state index < -0.39 is 0 Å². The van der Waals surface area contributed by atoms with E-state index >= 15 is 0 Å².